The summed E-state index contributed by atoms with van der Waals surface area (Å²) in [5.41, 5.74) is 0.680. The molecule has 7 nitrogen and oxygen atoms in total. The smallest absolute Gasteiger partial charge is 0.238 e. The highest BCUT2D eigenvalue weighted by molar-refractivity contribution is 5.92. The van der Waals surface area contributed by atoms with E-state index in [-0.39, 0.29) is 11.8 Å². The topological polar surface area (TPSA) is 71.1 Å². The van der Waals surface area contributed by atoms with Crippen molar-refractivity contribution in [2.24, 2.45) is 5.92 Å². The number of nitrogens with zero attached hydrogens (tertiary/aromatic N) is 2. The molecule has 2 aliphatic heterocycles. The zero-order valence-corrected chi connectivity index (χ0v) is 17.6. The number of carbonyl (C=O) groups excluding carboxylic acids is 2. The van der Waals surface area contributed by atoms with Crippen molar-refractivity contribution in [1.82, 2.24) is 9.80 Å². The van der Waals surface area contributed by atoms with Gasteiger partial charge in [-0.15, -0.1) is 0 Å². The number of amides is 2. The Morgan fingerprint density at radius 3 is 2.24 bits per heavy atom. The van der Waals surface area contributed by atoms with Crippen LogP contribution in [0.15, 0.2) is 18.2 Å². The molecule has 29 heavy (non-hydrogen) atoms. The minimum absolute atomic E-state index is 0.0606. The largest absolute Gasteiger partial charge is 0.493 e. The summed E-state index contributed by atoms with van der Waals surface area (Å²) in [6.07, 6.45) is 6.38. The highest BCUT2D eigenvalue weighted by Crippen LogP contribution is 2.29. The first-order chi connectivity index (χ1) is 14.1. The monoisotopic (exact) mass is 403 g/mol. The fourth-order valence-electron chi connectivity index (χ4n) is 4.20. The minimum Gasteiger partial charge on any atom is -0.493 e. The number of hydrogen-bond acceptors (Lipinski definition) is 5. The summed E-state index contributed by atoms with van der Waals surface area (Å²) >= 11 is 0. The Morgan fingerprint density at radius 1 is 0.966 bits per heavy atom. The first-order valence-electron chi connectivity index (χ1n) is 10.6. The summed E-state index contributed by atoms with van der Waals surface area (Å²) in [6.45, 7) is 3.71. The van der Waals surface area contributed by atoms with Gasteiger partial charge < -0.3 is 19.7 Å². The molecule has 3 rings (SSSR count). The number of likely N-dealkylation sites (tertiary alicyclic amines) is 2. The van der Waals surface area contributed by atoms with Crippen molar-refractivity contribution in [1.29, 1.82) is 0 Å². The maximum absolute atomic E-state index is 12.8. The first kappa shape index (κ1) is 21.4. The zero-order valence-electron chi connectivity index (χ0n) is 17.6. The Morgan fingerprint density at radius 2 is 1.62 bits per heavy atom. The Hall–Kier alpha value is -2.28. The molecule has 2 amide bonds. The Labute approximate surface area is 173 Å². The van der Waals surface area contributed by atoms with Crippen molar-refractivity contribution < 1.29 is 19.1 Å². The van der Waals surface area contributed by atoms with Crippen molar-refractivity contribution in [3.8, 4) is 11.5 Å². The number of nitrogens with one attached hydrogen (secondary N) is 1. The Bertz CT molecular complexity index is 693. The Balaban J connectivity index is 1.45. The minimum atomic E-state index is -0.0606. The number of hydrogen-bond donors (Lipinski definition) is 1. The van der Waals surface area contributed by atoms with Gasteiger partial charge in [0.15, 0.2) is 11.5 Å². The van der Waals surface area contributed by atoms with Crippen LogP contribution in [0.1, 0.15) is 38.5 Å². The van der Waals surface area contributed by atoms with Gasteiger partial charge in [-0.05, 0) is 50.9 Å². The molecule has 0 aromatic heterocycles. The van der Waals surface area contributed by atoms with Crippen LogP contribution in [0.2, 0.25) is 0 Å². The fraction of sp³-hybridized carbons (Fsp3) is 0.636. The van der Waals surface area contributed by atoms with Gasteiger partial charge in [-0.3, -0.25) is 14.5 Å². The van der Waals surface area contributed by atoms with Crippen LogP contribution in [0.4, 0.5) is 5.69 Å². The molecule has 1 aromatic rings. The van der Waals surface area contributed by atoms with E-state index in [0.29, 0.717) is 29.6 Å². The summed E-state index contributed by atoms with van der Waals surface area (Å²) in [7, 11) is 3.15. The van der Waals surface area contributed by atoms with Crippen LogP contribution in [-0.4, -0.2) is 68.6 Å². The highest BCUT2D eigenvalue weighted by atomic mass is 16.5. The van der Waals surface area contributed by atoms with Gasteiger partial charge in [0.05, 0.1) is 20.8 Å². The molecule has 7 heteroatoms. The summed E-state index contributed by atoms with van der Waals surface area (Å²) in [5.74, 6) is 1.58. The van der Waals surface area contributed by atoms with Gasteiger partial charge in [0, 0.05) is 30.8 Å². The van der Waals surface area contributed by atoms with Gasteiger partial charge in [0.1, 0.15) is 0 Å². The molecule has 160 valence electrons. The van der Waals surface area contributed by atoms with Crippen LogP contribution in [0, 0.1) is 5.92 Å². The summed E-state index contributed by atoms with van der Waals surface area (Å²) in [5, 5.41) is 2.92. The maximum atomic E-state index is 12.8. The molecule has 2 aliphatic rings. The predicted octanol–water partition coefficient (Wildman–Crippen LogP) is 2.76. The van der Waals surface area contributed by atoms with E-state index in [0.717, 1.165) is 51.9 Å². The molecule has 0 aliphatic carbocycles. The van der Waals surface area contributed by atoms with E-state index in [1.807, 2.05) is 0 Å². The fourth-order valence-corrected chi connectivity index (χ4v) is 4.20. The van der Waals surface area contributed by atoms with Gasteiger partial charge in [-0.1, -0.05) is 12.8 Å². The lowest BCUT2D eigenvalue weighted by molar-refractivity contribution is -0.137. The highest BCUT2D eigenvalue weighted by Gasteiger charge is 2.29. The third kappa shape index (κ3) is 5.85. The molecular weight excluding hydrogens is 370 g/mol. The normalized spacial score (nSPS) is 18.8. The van der Waals surface area contributed by atoms with Gasteiger partial charge in [-0.25, -0.2) is 0 Å². The van der Waals surface area contributed by atoms with Gasteiger partial charge in [0.2, 0.25) is 11.8 Å². The van der Waals surface area contributed by atoms with Crippen LogP contribution < -0.4 is 14.8 Å². The van der Waals surface area contributed by atoms with Gasteiger partial charge in [-0.2, -0.15) is 0 Å². The van der Waals surface area contributed by atoms with E-state index < -0.39 is 0 Å². The lowest BCUT2D eigenvalue weighted by Crippen LogP contribution is -2.44. The van der Waals surface area contributed by atoms with E-state index >= 15 is 0 Å². The molecule has 1 N–H and O–H groups in total. The van der Waals surface area contributed by atoms with E-state index in [9.17, 15) is 9.59 Å². The zero-order chi connectivity index (χ0) is 20.6. The van der Waals surface area contributed by atoms with Crippen LogP contribution in [0.5, 0.6) is 11.5 Å². The summed E-state index contributed by atoms with van der Waals surface area (Å²) in [4.78, 5) is 29.4. The maximum Gasteiger partial charge on any atom is 0.238 e. The van der Waals surface area contributed by atoms with Crippen molar-refractivity contribution in [3.05, 3.63) is 18.2 Å². The number of anilines is 1. The molecular formula is C22H33N3O4. The van der Waals surface area contributed by atoms with Crippen molar-refractivity contribution in [2.75, 3.05) is 52.3 Å². The molecule has 0 spiro atoms. The molecule has 1 aromatic carbocycles. The molecule has 2 fully saturated rings. The number of piperidine rings is 1. The average Bonchev–Trinajstić information content (AvgIpc) is 3.03. The lowest BCUT2D eigenvalue weighted by Gasteiger charge is -2.33. The molecule has 0 saturated carbocycles. The predicted molar refractivity (Wildman–Crippen MR) is 112 cm³/mol. The molecule has 0 radical (unpaired) electrons. The van der Waals surface area contributed by atoms with E-state index in [2.05, 4.69) is 15.1 Å². The third-order valence-electron chi connectivity index (χ3n) is 5.89. The molecule has 0 bridgehead atoms. The quantitative estimate of drug-likeness (QED) is 0.791. The van der Waals surface area contributed by atoms with Crippen molar-refractivity contribution in [3.63, 3.8) is 0 Å². The van der Waals surface area contributed by atoms with Crippen LogP contribution in [-0.2, 0) is 9.59 Å². The second-order valence-corrected chi connectivity index (χ2v) is 7.91. The lowest BCUT2D eigenvalue weighted by atomic mass is 9.95. The molecule has 0 unspecified atom stereocenters. The van der Waals surface area contributed by atoms with E-state index in [1.54, 1.807) is 32.4 Å². The second kappa shape index (κ2) is 10.5. The van der Waals surface area contributed by atoms with Crippen molar-refractivity contribution >= 4 is 17.5 Å². The molecule has 0 atom stereocenters. The number of rotatable bonds is 6. The van der Waals surface area contributed by atoms with Crippen LogP contribution >= 0.6 is 0 Å². The standard InChI is InChI=1S/C22H33N3O4/c1-28-19-8-7-18(15-20(19)29-2)23-21(26)16-24-13-9-17(10-14-24)22(27)25-11-5-3-4-6-12-25/h7-8,15,17H,3-6,9-14,16H2,1-2H3,(H,23,26). The van der Waals surface area contributed by atoms with Gasteiger partial charge in [0.25, 0.3) is 0 Å². The number of methoxy groups -OCH3 is 2. The third-order valence-corrected chi connectivity index (χ3v) is 5.89. The summed E-state index contributed by atoms with van der Waals surface area (Å²) in [6, 6.07) is 5.32. The van der Waals surface area contributed by atoms with Crippen LogP contribution in [0.3, 0.4) is 0 Å². The number of carbonyl (C=O) groups is 2. The van der Waals surface area contributed by atoms with E-state index in [1.165, 1.54) is 12.8 Å². The Kier molecular flexibility index (Phi) is 7.75. The van der Waals surface area contributed by atoms with E-state index in [4.69, 9.17) is 9.47 Å². The SMILES string of the molecule is COc1ccc(NC(=O)CN2CCC(C(=O)N3CCCCCC3)CC2)cc1OC. The van der Waals surface area contributed by atoms with Gasteiger partial charge >= 0.3 is 0 Å². The summed E-state index contributed by atoms with van der Waals surface area (Å²) < 4.78 is 10.5. The van der Waals surface area contributed by atoms with Crippen LogP contribution in [0.25, 0.3) is 0 Å². The van der Waals surface area contributed by atoms with Crippen molar-refractivity contribution in [2.45, 2.75) is 38.5 Å². The average molecular weight is 404 g/mol. The molecule has 2 saturated heterocycles. The molecule has 2 heterocycles. The number of ether oxygens (including phenoxy) is 2. The second-order valence-electron chi connectivity index (χ2n) is 7.91. The number of benzene rings is 1. The first-order valence-corrected chi connectivity index (χ1v) is 10.6.